The minimum absolute atomic E-state index is 0.0624. The van der Waals surface area contributed by atoms with Crippen LogP contribution in [0.2, 0.25) is 0 Å². The molecule has 2 aromatic carbocycles. The number of amides is 1. The lowest BCUT2D eigenvalue weighted by molar-refractivity contribution is -0.117. The summed E-state index contributed by atoms with van der Waals surface area (Å²) in [7, 11) is 4.73. The van der Waals surface area contributed by atoms with Crippen molar-refractivity contribution in [2.45, 2.75) is 18.5 Å². The largest absolute Gasteiger partial charge is 0.493 e. The summed E-state index contributed by atoms with van der Waals surface area (Å²) in [6.07, 6.45) is 2.86. The molecule has 0 aromatic heterocycles. The number of carbonyl (C=O) groups excluding carboxylic acids is 1. The van der Waals surface area contributed by atoms with E-state index in [2.05, 4.69) is 34.5 Å². The highest BCUT2D eigenvalue weighted by Crippen LogP contribution is 2.40. The summed E-state index contributed by atoms with van der Waals surface area (Å²) in [5.41, 5.74) is 3.48. The molecule has 2 aliphatic heterocycles. The Morgan fingerprint density at radius 1 is 1.07 bits per heavy atom. The van der Waals surface area contributed by atoms with E-state index < -0.39 is 0 Å². The van der Waals surface area contributed by atoms with Crippen molar-refractivity contribution < 1.29 is 19.0 Å². The van der Waals surface area contributed by atoms with Crippen LogP contribution in [0.3, 0.4) is 0 Å². The Kier molecular flexibility index (Phi) is 5.69. The van der Waals surface area contributed by atoms with Gasteiger partial charge in [0.15, 0.2) is 11.5 Å². The first-order valence-corrected chi connectivity index (χ1v) is 10.3. The molecule has 1 fully saturated rings. The van der Waals surface area contributed by atoms with Crippen molar-refractivity contribution in [3.05, 3.63) is 58.0 Å². The molecule has 0 spiro atoms. The fourth-order valence-electron chi connectivity index (χ4n) is 3.71. The van der Waals surface area contributed by atoms with E-state index in [9.17, 15) is 4.79 Å². The molecule has 0 bridgehead atoms. The molecular weight excluding hydrogens is 388 g/mol. The van der Waals surface area contributed by atoms with E-state index >= 15 is 0 Å². The average Bonchev–Trinajstić information content (AvgIpc) is 3.12. The lowest BCUT2D eigenvalue weighted by atomic mass is 10.0. The molecule has 6 nitrogen and oxygen atoms in total. The molecule has 152 valence electrons. The third-order valence-electron chi connectivity index (χ3n) is 5.19. The van der Waals surface area contributed by atoms with Crippen LogP contribution in [0.1, 0.15) is 16.7 Å². The van der Waals surface area contributed by atoms with Gasteiger partial charge in [-0.2, -0.15) is 0 Å². The summed E-state index contributed by atoms with van der Waals surface area (Å²) in [5.74, 6) is 1.59. The fourth-order valence-corrected chi connectivity index (χ4v) is 4.81. The number of methoxy groups -OCH3 is 3. The highest BCUT2D eigenvalue weighted by atomic mass is 32.2. The minimum Gasteiger partial charge on any atom is -0.493 e. The van der Waals surface area contributed by atoms with Crippen LogP contribution in [0.5, 0.6) is 17.2 Å². The maximum absolute atomic E-state index is 12.6. The predicted molar refractivity (Wildman–Crippen MR) is 114 cm³/mol. The normalized spacial score (nSPS) is 20.3. The summed E-state index contributed by atoms with van der Waals surface area (Å²) in [6, 6.07) is 12.2. The van der Waals surface area contributed by atoms with Gasteiger partial charge in [-0.05, 0) is 41.3 Å². The number of nitrogens with zero attached hydrogens (tertiary/aromatic N) is 1. The van der Waals surface area contributed by atoms with Gasteiger partial charge in [-0.15, -0.1) is 0 Å². The van der Waals surface area contributed by atoms with Crippen LogP contribution in [0, 0.1) is 0 Å². The van der Waals surface area contributed by atoms with Crippen molar-refractivity contribution in [2.75, 3.05) is 27.9 Å². The van der Waals surface area contributed by atoms with E-state index in [0.29, 0.717) is 22.2 Å². The first-order valence-electron chi connectivity index (χ1n) is 9.43. The number of nitrogens with one attached hydrogen (secondary N) is 1. The van der Waals surface area contributed by atoms with E-state index in [4.69, 9.17) is 14.2 Å². The number of carbonyl (C=O) groups is 1. The van der Waals surface area contributed by atoms with Crippen LogP contribution in [-0.2, 0) is 17.8 Å². The van der Waals surface area contributed by atoms with E-state index in [1.807, 2.05) is 18.2 Å². The van der Waals surface area contributed by atoms with Gasteiger partial charge < -0.3 is 19.5 Å². The second-order valence-corrected chi connectivity index (χ2v) is 8.02. The number of hydrogen-bond acceptors (Lipinski definition) is 6. The van der Waals surface area contributed by atoms with Crippen molar-refractivity contribution in [3.63, 3.8) is 0 Å². The van der Waals surface area contributed by atoms with Gasteiger partial charge in [0, 0.05) is 13.1 Å². The third kappa shape index (κ3) is 3.93. The molecule has 4 rings (SSSR count). The van der Waals surface area contributed by atoms with E-state index in [0.717, 1.165) is 25.1 Å². The molecule has 1 N–H and O–H groups in total. The van der Waals surface area contributed by atoms with E-state index in [1.165, 1.54) is 11.1 Å². The molecule has 1 unspecified atom stereocenters. The van der Waals surface area contributed by atoms with Gasteiger partial charge in [-0.1, -0.05) is 36.0 Å². The van der Waals surface area contributed by atoms with Crippen LogP contribution in [0.4, 0.5) is 0 Å². The first-order chi connectivity index (χ1) is 14.1. The number of rotatable bonds is 5. The molecule has 29 heavy (non-hydrogen) atoms. The molecule has 0 aliphatic carbocycles. The Morgan fingerprint density at radius 3 is 2.41 bits per heavy atom. The summed E-state index contributed by atoms with van der Waals surface area (Å²) in [6.45, 7) is 1.76. The van der Waals surface area contributed by atoms with Crippen molar-refractivity contribution in [3.8, 4) is 17.2 Å². The highest BCUT2D eigenvalue weighted by Gasteiger charge is 2.33. The average molecular weight is 413 g/mol. The molecule has 2 aliphatic rings. The van der Waals surface area contributed by atoms with E-state index in [1.54, 1.807) is 33.1 Å². The molecule has 1 saturated heterocycles. The van der Waals surface area contributed by atoms with Crippen LogP contribution in [0.25, 0.3) is 6.08 Å². The van der Waals surface area contributed by atoms with Crippen molar-refractivity contribution >= 4 is 23.7 Å². The SMILES string of the molecule is COc1cc(/C=C2/SC(N3CCc4ccccc4C3)NC2=O)cc(OC)c1OC. The zero-order valence-electron chi connectivity index (χ0n) is 16.7. The van der Waals surface area contributed by atoms with Crippen LogP contribution in [0.15, 0.2) is 41.3 Å². The number of benzene rings is 2. The summed E-state index contributed by atoms with van der Waals surface area (Å²) in [4.78, 5) is 15.6. The van der Waals surface area contributed by atoms with Gasteiger partial charge in [0.05, 0.1) is 26.2 Å². The quantitative estimate of drug-likeness (QED) is 0.761. The van der Waals surface area contributed by atoms with Gasteiger partial charge in [0.2, 0.25) is 5.75 Å². The number of ether oxygens (including phenoxy) is 3. The maximum Gasteiger partial charge on any atom is 0.259 e. The molecule has 1 amide bonds. The fraction of sp³-hybridized carbons (Fsp3) is 0.318. The van der Waals surface area contributed by atoms with Crippen LogP contribution in [-0.4, -0.2) is 44.2 Å². The topological polar surface area (TPSA) is 60.0 Å². The zero-order valence-corrected chi connectivity index (χ0v) is 17.5. The highest BCUT2D eigenvalue weighted by molar-refractivity contribution is 8.05. The van der Waals surface area contributed by atoms with Gasteiger partial charge in [0.25, 0.3) is 5.91 Å². The number of thioether (sulfide) groups is 1. The second kappa shape index (κ2) is 8.39. The molecule has 0 radical (unpaired) electrons. The lowest BCUT2D eigenvalue weighted by Crippen LogP contribution is -2.44. The Labute approximate surface area is 174 Å². The van der Waals surface area contributed by atoms with Crippen LogP contribution >= 0.6 is 11.8 Å². The standard InChI is InChI=1S/C22H24N2O4S/c1-26-17-10-14(11-18(27-2)20(17)28-3)12-19-21(25)23-22(29-19)24-9-8-15-6-4-5-7-16(15)13-24/h4-7,10-12,22H,8-9,13H2,1-3H3,(H,23,25)/b19-12+. The van der Waals surface area contributed by atoms with Crippen molar-refractivity contribution in [1.29, 1.82) is 0 Å². The smallest absolute Gasteiger partial charge is 0.259 e. The summed E-state index contributed by atoms with van der Waals surface area (Å²) < 4.78 is 16.2. The molecular formula is C22H24N2O4S. The van der Waals surface area contributed by atoms with E-state index in [-0.39, 0.29) is 11.4 Å². The Morgan fingerprint density at radius 2 is 1.76 bits per heavy atom. The van der Waals surface area contributed by atoms with Crippen LogP contribution < -0.4 is 19.5 Å². The predicted octanol–water partition coefficient (Wildman–Crippen LogP) is 3.26. The summed E-state index contributed by atoms with van der Waals surface area (Å²) in [5, 5.41) is 3.10. The molecule has 1 atom stereocenters. The first kappa shape index (κ1) is 19.7. The minimum atomic E-state index is -0.0656. The van der Waals surface area contributed by atoms with Gasteiger partial charge >= 0.3 is 0 Å². The Balaban J connectivity index is 1.55. The van der Waals surface area contributed by atoms with Crippen molar-refractivity contribution in [2.24, 2.45) is 0 Å². The second-order valence-electron chi connectivity index (χ2n) is 6.90. The number of hydrogen-bond donors (Lipinski definition) is 1. The summed E-state index contributed by atoms with van der Waals surface area (Å²) >= 11 is 1.55. The van der Waals surface area contributed by atoms with Gasteiger partial charge in [-0.3, -0.25) is 9.69 Å². The Bertz CT molecular complexity index is 935. The number of fused-ring (bicyclic) bond motifs is 1. The van der Waals surface area contributed by atoms with Crippen molar-refractivity contribution in [1.82, 2.24) is 10.2 Å². The molecule has 2 heterocycles. The zero-order chi connectivity index (χ0) is 20.4. The maximum atomic E-state index is 12.6. The van der Waals surface area contributed by atoms with Gasteiger partial charge in [-0.25, -0.2) is 0 Å². The monoisotopic (exact) mass is 412 g/mol. The molecule has 7 heteroatoms. The Hall–Kier alpha value is -2.64. The molecule has 0 saturated carbocycles. The lowest BCUT2D eigenvalue weighted by Gasteiger charge is -2.32. The molecule has 2 aromatic rings. The third-order valence-corrected chi connectivity index (χ3v) is 6.39. The van der Waals surface area contributed by atoms with Gasteiger partial charge in [0.1, 0.15) is 5.50 Å².